The van der Waals surface area contributed by atoms with Gasteiger partial charge in [0.25, 0.3) is 0 Å². The van der Waals surface area contributed by atoms with Gasteiger partial charge in [0.1, 0.15) is 17.2 Å². The summed E-state index contributed by atoms with van der Waals surface area (Å²) in [4.78, 5) is 0. The first kappa shape index (κ1) is 14.0. The van der Waals surface area contributed by atoms with Crippen LogP contribution in [0.2, 0.25) is 0 Å². The molecule has 0 radical (unpaired) electrons. The fourth-order valence-electron chi connectivity index (χ4n) is 1.86. The van der Waals surface area contributed by atoms with Crippen LogP contribution in [0.4, 0.5) is 0 Å². The van der Waals surface area contributed by atoms with Gasteiger partial charge in [-0.3, -0.25) is 5.10 Å². The van der Waals surface area contributed by atoms with Gasteiger partial charge in [-0.15, -0.1) is 0 Å². The Morgan fingerprint density at radius 3 is 2.73 bits per heavy atom. The predicted molar refractivity (Wildman–Crippen MR) is 82.5 cm³/mol. The fourth-order valence-corrected chi connectivity index (χ4v) is 2.04. The van der Waals surface area contributed by atoms with Gasteiger partial charge in [-0.05, 0) is 37.3 Å². The number of nitrogens with one attached hydrogen (secondary N) is 2. The highest BCUT2D eigenvalue weighted by Gasteiger charge is 2.11. The average molecular weight is 316 g/mol. The van der Waals surface area contributed by atoms with E-state index in [1.807, 2.05) is 13.0 Å². The summed E-state index contributed by atoms with van der Waals surface area (Å²) in [5, 5.41) is 36.9. The monoisotopic (exact) mass is 316 g/mol. The molecule has 2 aromatic heterocycles. The molecule has 1 aromatic carbocycles. The third kappa shape index (κ3) is 2.61. The van der Waals surface area contributed by atoms with Gasteiger partial charge >= 0.3 is 0 Å². The van der Waals surface area contributed by atoms with E-state index < -0.39 is 0 Å². The van der Waals surface area contributed by atoms with Crippen molar-refractivity contribution in [1.82, 2.24) is 25.1 Å². The largest absolute Gasteiger partial charge is 0.508 e. The third-order valence-electron chi connectivity index (χ3n) is 2.91. The van der Waals surface area contributed by atoms with Crippen LogP contribution >= 0.6 is 12.2 Å². The molecular formula is C13H12N6O2S. The zero-order valence-electron chi connectivity index (χ0n) is 11.5. The minimum absolute atomic E-state index is 0.0257. The lowest BCUT2D eigenvalue weighted by atomic mass is 10.2. The highest BCUT2D eigenvalue weighted by Crippen LogP contribution is 2.21. The number of H-pyrrole nitrogens is 2. The number of nitrogens with zero attached hydrogens (tertiary/aromatic N) is 4. The Morgan fingerprint density at radius 1 is 1.23 bits per heavy atom. The normalized spacial score (nSPS) is 11.3. The summed E-state index contributed by atoms with van der Waals surface area (Å²) >= 11 is 5.14. The summed E-state index contributed by atoms with van der Waals surface area (Å²) in [6.07, 6.45) is 1.42. The second kappa shape index (κ2) is 5.45. The molecule has 0 aliphatic carbocycles. The molecule has 9 heteroatoms. The zero-order chi connectivity index (χ0) is 15.7. The number of benzene rings is 1. The summed E-state index contributed by atoms with van der Waals surface area (Å²) in [5.74, 6) is 0.335. The molecule has 0 aliphatic rings. The number of aryl methyl sites for hydroxylation is 1. The van der Waals surface area contributed by atoms with Gasteiger partial charge < -0.3 is 10.2 Å². The molecule has 22 heavy (non-hydrogen) atoms. The van der Waals surface area contributed by atoms with E-state index in [4.69, 9.17) is 12.2 Å². The average Bonchev–Trinajstić information content (AvgIpc) is 3.04. The second-order valence-electron chi connectivity index (χ2n) is 4.59. The molecule has 0 saturated carbocycles. The molecule has 0 atom stereocenters. The number of phenolic OH excluding ortho intramolecular Hbond substituents is 2. The van der Waals surface area contributed by atoms with Crippen LogP contribution in [0.1, 0.15) is 11.3 Å². The number of rotatable bonds is 3. The van der Waals surface area contributed by atoms with E-state index in [0.717, 1.165) is 5.69 Å². The number of phenols is 2. The van der Waals surface area contributed by atoms with E-state index in [2.05, 4.69) is 25.5 Å². The molecule has 4 N–H and O–H groups in total. The summed E-state index contributed by atoms with van der Waals surface area (Å²) < 4.78 is 1.70. The Kier molecular flexibility index (Phi) is 3.47. The van der Waals surface area contributed by atoms with Gasteiger partial charge in [-0.25, -0.2) is 5.10 Å². The molecule has 3 aromatic rings. The molecule has 112 valence electrons. The van der Waals surface area contributed by atoms with Gasteiger partial charge in [-0.1, -0.05) is 0 Å². The minimum Gasteiger partial charge on any atom is -0.508 e. The van der Waals surface area contributed by atoms with Gasteiger partial charge in [-0.2, -0.15) is 20.0 Å². The first-order chi connectivity index (χ1) is 10.5. The number of hydrogen-bond acceptors (Lipinski definition) is 6. The van der Waals surface area contributed by atoms with Crippen molar-refractivity contribution in [2.75, 3.05) is 0 Å². The quantitative estimate of drug-likeness (QED) is 0.435. The zero-order valence-corrected chi connectivity index (χ0v) is 12.3. The SMILES string of the molecule is Cc1cc(-c2n[nH]c(=S)n2N=Cc2ccc(O)cc2O)n[nH]1. The Balaban J connectivity index is 2.00. The third-order valence-corrected chi connectivity index (χ3v) is 3.18. The van der Waals surface area contributed by atoms with Crippen LogP contribution in [0.15, 0.2) is 29.4 Å². The Labute approximate surface area is 129 Å². The summed E-state index contributed by atoms with van der Waals surface area (Å²) in [6.45, 7) is 1.87. The minimum atomic E-state index is -0.0871. The molecule has 2 heterocycles. The Bertz CT molecular complexity index is 907. The number of aromatic amines is 2. The number of aromatic nitrogens is 5. The molecule has 8 nitrogen and oxygen atoms in total. The lowest BCUT2D eigenvalue weighted by molar-refractivity contribution is 0.450. The molecule has 0 aliphatic heterocycles. The maximum absolute atomic E-state index is 9.75. The van der Waals surface area contributed by atoms with Gasteiger partial charge in [0.15, 0.2) is 0 Å². The van der Waals surface area contributed by atoms with E-state index in [1.54, 1.807) is 0 Å². The van der Waals surface area contributed by atoms with Crippen molar-refractivity contribution in [3.05, 3.63) is 40.3 Å². The van der Waals surface area contributed by atoms with E-state index in [-0.39, 0.29) is 11.5 Å². The van der Waals surface area contributed by atoms with Crippen molar-refractivity contribution >= 4 is 18.4 Å². The van der Waals surface area contributed by atoms with Gasteiger partial charge in [0.05, 0.1) is 6.21 Å². The molecule has 0 bridgehead atoms. The smallest absolute Gasteiger partial charge is 0.216 e. The highest BCUT2D eigenvalue weighted by molar-refractivity contribution is 7.71. The summed E-state index contributed by atoms with van der Waals surface area (Å²) in [7, 11) is 0. The van der Waals surface area contributed by atoms with Crippen molar-refractivity contribution in [1.29, 1.82) is 0 Å². The van der Waals surface area contributed by atoms with E-state index in [0.29, 0.717) is 21.9 Å². The Morgan fingerprint density at radius 2 is 2.05 bits per heavy atom. The van der Waals surface area contributed by atoms with Crippen LogP contribution in [-0.2, 0) is 0 Å². The maximum Gasteiger partial charge on any atom is 0.216 e. The molecule has 0 saturated heterocycles. The number of hydrogen-bond donors (Lipinski definition) is 4. The van der Waals surface area contributed by atoms with Gasteiger partial charge in [0.2, 0.25) is 10.6 Å². The Hall–Kier alpha value is -2.94. The molecule has 0 amide bonds. The van der Waals surface area contributed by atoms with E-state index in [9.17, 15) is 10.2 Å². The summed E-state index contributed by atoms with van der Waals surface area (Å²) in [5.41, 5.74) is 1.91. The van der Waals surface area contributed by atoms with Crippen LogP contribution in [0.3, 0.4) is 0 Å². The predicted octanol–water partition coefficient (Wildman–Crippen LogP) is 1.93. The van der Waals surface area contributed by atoms with Crippen LogP contribution in [0.25, 0.3) is 11.5 Å². The number of aromatic hydroxyl groups is 2. The van der Waals surface area contributed by atoms with Crippen LogP contribution < -0.4 is 0 Å². The first-order valence-corrected chi connectivity index (χ1v) is 6.71. The molecule has 0 unspecified atom stereocenters. The highest BCUT2D eigenvalue weighted by atomic mass is 32.1. The van der Waals surface area contributed by atoms with Crippen molar-refractivity contribution < 1.29 is 10.2 Å². The van der Waals surface area contributed by atoms with Crippen LogP contribution in [0.5, 0.6) is 11.5 Å². The lowest BCUT2D eigenvalue weighted by Crippen LogP contribution is -1.95. The topological polar surface area (TPSA) is 115 Å². The van der Waals surface area contributed by atoms with Crippen LogP contribution in [0, 0.1) is 11.7 Å². The fraction of sp³-hybridized carbons (Fsp3) is 0.0769. The summed E-state index contributed by atoms with van der Waals surface area (Å²) in [6, 6.07) is 6.03. The molecule has 0 fully saturated rings. The van der Waals surface area contributed by atoms with E-state index in [1.165, 1.54) is 29.1 Å². The maximum atomic E-state index is 9.75. The first-order valence-electron chi connectivity index (χ1n) is 6.31. The molecule has 3 rings (SSSR count). The second-order valence-corrected chi connectivity index (χ2v) is 4.97. The van der Waals surface area contributed by atoms with Crippen molar-refractivity contribution in [2.45, 2.75) is 6.92 Å². The van der Waals surface area contributed by atoms with Crippen LogP contribution in [-0.4, -0.2) is 41.5 Å². The van der Waals surface area contributed by atoms with Gasteiger partial charge in [0, 0.05) is 17.3 Å². The standard InChI is InChI=1S/C13H12N6O2S/c1-7-4-10(16-15-7)12-17-18-13(22)19(12)14-6-8-2-3-9(20)5-11(8)21/h2-6,20-21H,1H3,(H,15,16)(H,18,22). The lowest BCUT2D eigenvalue weighted by Gasteiger charge is -2.00. The van der Waals surface area contributed by atoms with Crippen molar-refractivity contribution in [3.63, 3.8) is 0 Å². The van der Waals surface area contributed by atoms with Crippen molar-refractivity contribution in [2.24, 2.45) is 5.10 Å². The van der Waals surface area contributed by atoms with E-state index >= 15 is 0 Å². The molecule has 0 spiro atoms. The van der Waals surface area contributed by atoms with Crippen molar-refractivity contribution in [3.8, 4) is 23.0 Å². The molecular weight excluding hydrogens is 304 g/mol.